The highest BCUT2D eigenvalue weighted by Crippen LogP contribution is 2.64. The van der Waals surface area contributed by atoms with Crippen LogP contribution in [0, 0.1) is 0 Å². The molecule has 0 unspecified atom stereocenters. The van der Waals surface area contributed by atoms with Gasteiger partial charge in [0.25, 0.3) is 0 Å². The Labute approximate surface area is 121 Å². The van der Waals surface area contributed by atoms with Crippen molar-refractivity contribution in [2.24, 2.45) is 0 Å². The molecule has 0 amide bonds. The third-order valence-corrected chi connectivity index (χ3v) is 5.18. The van der Waals surface area contributed by atoms with E-state index in [9.17, 15) is 23.6 Å². The van der Waals surface area contributed by atoms with E-state index in [0.717, 1.165) is 0 Å². The average molecular weight is 334 g/mol. The lowest BCUT2D eigenvalue weighted by Crippen LogP contribution is -2.36. The molecule has 1 heterocycles. The first kappa shape index (κ1) is 18.9. The molecule has 0 aromatic heterocycles. The number of rotatable bonds is 8. The van der Waals surface area contributed by atoms with E-state index in [1.807, 2.05) is 0 Å². The van der Waals surface area contributed by atoms with Gasteiger partial charge in [0.1, 0.15) is 12.2 Å². The van der Waals surface area contributed by atoms with Crippen LogP contribution in [0.3, 0.4) is 0 Å². The third-order valence-electron chi connectivity index (χ3n) is 3.00. The van der Waals surface area contributed by atoms with E-state index in [2.05, 4.69) is 9.05 Å². The number of hydrogen-bond acceptors (Lipinski definition) is 7. The largest absolute Gasteiger partial charge is 0.399 e. The lowest BCUT2D eigenvalue weighted by molar-refractivity contribution is -0.155. The van der Waals surface area contributed by atoms with Gasteiger partial charge in [-0.15, -0.1) is 0 Å². The molecule has 10 heteroatoms. The summed E-state index contributed by atoms with van der Waals surface area (Å²) in [5, 5.41) is 19.2. The van der Waals surface area contributed by atoms with Crippen molar-refractivity contribution in [3.8, 4) is 0 Å². The van der Waals surface area contributed by atoms with Gasteiger partial charge in [0.05, 0.1) is 25.7 Å². The van der Waals surface area contributed by atoms with Crippen molar-refractivity contribution in [3.63, 3.8) is 0 Å². The Morgan fingerprint density at radius 1 is 1.19 bits per heavy atom. The maximum absolute atomic E-state index is 14.2. The molecular formula is C11H21F2O7P. The van der Waals surface area contributed by atoms with Crippen LogP contribution in [-0.2, 0) is 23.1 Å². The van der Waals surface area contributed by atoms with Gasteiger partial charge in [0, 0.05) is 7.11 Å². The van der Waals surface area contributed by atoms with Gasteiger partial charge < -0.3 is 28.7 Å². The molecule has 21 heavy (non-hydrogen) atoms. The van der Waals surface area contributed by atoms with Crippen LogP contribution >= 0.6 is 7.60 Å². The highest BCUT2D eigenvalue weighted by atomic mass is 31.2. The number of aliphatic hydroxyl groups excluding tert-OH is 2. The predicted octanol–water partition coefficient (Wildman–Crippen LogP) is 1.33. The number of ether oxygens (including phenoxy) is 2. The van der Waals surface area contributed by atoms with Gasteiger partial charge in [-0.05, 0) is 13.8 Å². The number of halogens is 2. The Morgan fingerprint density at radius 3 is 2.10 bits per heavy atom. The second kappa shape index (κ2) is 7.41. The van der Waals surface area contributed by atoms with Crippen molar-refractivity contribution in [2.75, 3.05) is 20.3 Å². The van der Waals surface area contributed by atoms with Gasteiger partial charge in [-0.25, -0.2) is 0 Å². The molecule has 0 radical (unpaired) electrons. The van der Waals surface area contributed by atoms with E-state index in [0.29, 0.717) is 0 Å². The molecule has 0 saturated carbocycles. The normalized spacial score (nSPS) is 30.8. The molecule has 126 valence electrons. The standard InChI is InChI=1S/C11H21F2O7P/c1-4-18-21(16,19-5-2)11(12,13)6-7-8(14)9(15)10(17-3)20-7/h7-10,14-15H,4-6H2,1-3H3/t7-,8-,9-,10-/m1/s1. The Balaban J connectivity index is 2.86. The summed E-state index contributed by atoms with van der Waals surface area (Å²) in [6.45, 7) is 2.38. The fourth-order valence-corrected chi connectivity index (χ4v) is 3.53. The summed E-state index contributed by atoms with van der Waals surface area (Å²) in [6.07, 6.45) is -6.84. The first-order valence-electron chi connectivity index (χ1n) is 6.53. The van der Waals surface area contributed by atoms with Crippen LogP contribution in [0.5, 0.6) is 0 Å². The van der Waals surface area contributed by atoms with Crippen molar-refractivity contribution >= 4 is 7.60 Å². The van der Waals surface area contributed by atoms with Gasteiger partial charge >= 0.3 is 13.3 Å². The molecule has 1 fully saturated rings. The minimum absolute atomic E-state index is 0.218. The molecular weight excluding hydrogens is 313 g/mol. The molecule has 0 aliphatic carbocycles. The smallest absolute Gasteiger partial charge is 0.387 e. The van der Waals surface area contributed by atoms with E-state index in [-0.39, 0.29) is 13.2 Å². The number of aliphatic hydroxyl groups is 2. The second-order valence-corrected chi connectivity index (χ2v) is 6.63. The van der Waals surface area contributed by atoms with Crippen LogP contribution in [-0.4, -0.2) is 60.8 Å². The van der Waals surface area contributed by atoms with Crippen molar-refractivity contribution in [1.29, 1.82) is 0 Å². The van der Waals surface area contributed by atoms with Crippen LogP contribution < -0.4 is 0 Å². The minimum atomic E-state index is -4.70. The summed E-state index contributed by atoms with van der Waals surface area (Å²) in [7, 11) is -3.50. The van der Waals surface area contributed by atoms with E-state index >= 15 is 0 Å². The zero-order valence-electron chi connectivity index (χ0n) is 12.1. The molecule has 1 aliphatic heterocycles. The van der Waals surface area contributed by atoms with Crippen LogP contribution in [0.4, 0.5) is 8.78 Å². The molecule has 4 atom stereocenters. The summed E-state index contributed by atoms with van der Waals surface area (Å²) >= 11 is 0. The fourth-order valence-electron chi connectivity index (χ4n) is 2.00. The van der Waals surface area contributed by atoms with E-state index in [4.69, 9.17) is 9.47 Å². The first-order valence-corrected chi connectivity index (χ1v) is 8.08. The van der Waals surface area contributed by atoms with E-state index in [1.165, 1.54) is 21.0 Å². The zero-order chi connectivity index (χ0) is 16.3. The van der Waals surface area contributed by atoms with Crippen molar-refractivity contribution in [3.05, 3.63) is 0 Å². The maximum atomic E-state index is 14.2. The fraction of sp³-hybridized carbons (Fsp3) is 1.00. The highest BCUT2D eigenvalue weighted by molar-refractivity contribution is 7.55. The molecule has 1 saturated heterocycles. The lowest BCUT2D eigenvalue weighted by atomic mass is 10.1. The Morgan fingerprint density at radius 2 is 1.71 bits per heavy atom. The SMILES string of the molecule is CCOP(=O)(OCC)C(F)(F)C[C@H]1O[C@@H](OC)[C@H](O)[C@@H]1O. The molecule has 2 N–H and O–H groups in total. The van der Waals surface area contributed by atoms with Crippen LogP contribution in [0.2, 0.25) is 0 Å². The minimum Gasteiger partial charge on any atom is -0.387 e. The Bertz CT molecular complexity index is 372. The molecule has 0 spiro atoms. The van der Waals surface area contributed by atoms with Crippen molar-refractivity contribution in [2.45, 2.75) is 50.5 Å². The van der Waals surface area contributed by atoms with Crippen LogP contribution in [0.15, 0.2) is 0 Å². The van der Waals surface area contributed by atoms with Crippen LogP contribution in [0.1, 0.15) is 20.3 Å². The third kappa shape index (κ3) is 3.98. The molecule has 7 nitrogen and oxygen atoms in total. The summed E-state index contributed by atoms with van der Waals surface area (Å²) < 4.78 is 59.5. The molecule has 0 aromatic rings. The van der Waals surface area contributed by atoms with E-state index < -0.39 is 44.3 Å². The maximum Gasteiger partial charge on any atom is 0.399 e. The monoisotopic (exact) mass is 334 g/mol. The predicted molar refractivity (Wildman–Crippen MR) is 68.1 cm³/mol. The number of alkyl halides is 2. The van der Waals surface area contributed by atoms with Crippen molar-refractivity contribution < 1.29 is 42.1 Å². The highest BCUT2D eigenvalue weighted by Gasteiger charge is 2.57. The van der Waals surface area contributed by atoms with Gasteiger partial charge in [-0.2, -0.15) is 8.78 Å². The second-order valence-electron chi connectivity index (χ2n) is 4.46. The summed E-state index contributed by atoms with van der Waals surface area (Å²) in [6, 6.07) is 0. The lowest BCUT2D eigenvalue weighted by Gasteiger charge is -2.28. The zero-order valence-corrected chi connectivity index (χ0v) is 13.0. The summed E-state index contributed by atoms with van der Waals surface area (Å²) in [5.74, 6) is 0. The number of methoxy groups -OCH3 is 1. The Hall–Kier alpha value is -0.150. The van der Waals surface area contributed by atoms with Gasteiger partial charge in [0.2, 0.25) is 0 Å². The first-order chi connectivity index (χ1) is 9.72. The molecule has 1 aliphatic rings. The van der Waals surface area contributed by atoms with Crippen molar-refractivity contribution in [1.82, 2.24) is 0 Å². The van der Waals surface area contributed by atoms with Gasteiger partial charge in [0.15, 0.2) is 6.29 Å². The van der Waals surface area contributed by atoms with Gasteiger partial charge in [-0.1, -0.05) is 0 Å². The summed E-state index contributed by atoms with van der Waals surface area (Å²) in [4.78, 5) is 0. The van der Waals surface area contributed by atoms with Crippen LogP contribution in [0.25, 0.3) is 0 Å². The molecule has 1 rings (SSSR count). The summed E-state index contributed by atoms with van der Waals surface area (Å²) in [5.41, 5.74) is -3.87. The van der Waals surface area contributed by atoms with Gasteiger partial charge in [-0.3, -0.25) is 4.57 Å². The Kier molecular flexibility index (Phi) is 6.67. The molecule has 0 aromatic carbocycles. The number of hydrogen-bond donors (Lipinski definition) is 2. The average Bonchev–Trinajstić information content (AvgIpc) is 2.66. The van der Waals surface area contributed by atoms with E-state index in [1.54, 1.807) is 0 Å². The molecule has 0 bridgehead atoms. The quantitative estimate of drug-likeness (QED) is 0.647. The topological polar surface area (TPSA) is 94.5 Å².